The summed E-state index contributed by atoms with van der Waals surface area (Å²) in [7, 11) is 0. The molecular formula is C14H16O7. The Labute approximate surface area is 121 Å². The van der Waals surface area contributed by atoms with Crippen LogP contribution in [-0.2, 0) is 27.5 Å². The van der Waals surface area contributed by atoms with Crippen LogP contribution in [0.25, 0.3) is 0 Å². The molecule has 0 unspecified atom stereocenters. The van der Waals surface area contributed by atoms with Crippen LogP contribution < -0.4 is 0 Å². The molecule has 0 heterocycles. The van der Waals surface area contributed by atoms with Crippen molar-refractivity contribution in [1.82, 2.24) is 0 Å². The Morgan fingerprint density at radius 1 is 1.10 bits per heavy atom. The zero-order chi connectivity index (χ0) is 16.0. The van der Waals surface area contributed by atoms with Gasteiger partial charge in [0.05, 0.1) is 17.7 Å². The number of hydrogen-bond donors (Lipinski definition) is 2. The second-order valence-corrected chi connectivity index (χ2v) is 4.15. The van der Waals surface area contributed by atoms with Gasteiger partial charge in [0.2, 0.25) is 0 Å². The number of carbonyl (C=O) groups is 3. The number of carboxylic acid groups (broad SMARTS) is 2. The molecule has 0 bridgehead atoms. The Morgan fingerprint density at radius 3 is 2.24 bits per heavy atom. The number of ether oxygens (including phenoxy) is 2. The molecule has 2 N–H and O–H groups in total. The van der Waals surface area contributed by atoms with Gasteiger partial charge in [-0.15, -0.1) is 0 Å². The molecule has 0 atom stereocenters. The standard InChI is InChI=1S/C14H16O7/c1-3-20-6-9-4-5-10(13(16)17)12(14(18)19)11(9)7-21-8(2)15/h4-5H,3,6-7H2,1-2H3,(H,16,17)(H,18,19). The fourth-order valence-corrected chi connectivity index (χ4v) is 1.80. The van der Waals surface area contributed by atoms with E-state index in [2.05, 4.69) is 0 Å². The van der Waals surface area contributed by atoms with Gasteiger partial charge in [-0.25, -0.2) is 9.59 Å². The SMILES string of the molecule is CCOCc1ccc(C(=O)O)c(C(=O)O)c1COC(C)=O. The number of carboxylic acids is 2. The Hall–Kier alpha value is -2.41. The summed E-state index contributed by atoms with van der Waals surface area (Å²) in [6.07, 6.45) is 0. The molecule has 0 aliphatic carbocycles. The third-order valence-corrected chi connectivity index (χ3v) is 2.74. The van der Waals surface area contributed by atoms with E-state index >= 15 is 0 Å². The first-order valence-electron chi connectivity index (χ1n) is 6.20. The zero-order valence-corrected chi connectivity index (χ0v) is 11.7. The summed E-state index contributed by atoms with van der Waals surface area (Å²) in [5, 5.41) is 18.3. The van der Waals surface area contributed by atoms with E-state index in [4.69, 9.17) is 14.6 Å². The molecule has 0 saturated carbocycles. The van der Waals surface area contributed by atoms with E-state index in [0.717, 1.165) is 0 Å². The molecule has 21 heavy (non-hydrogen) atoms. The third kappa shape index (κ3) is 4.28. The molecule has 1 rings (SSSR count). The lowest BCUT2D eigenvalue weighted by Gasteiger charge is -2.14. The van der Waals surface area contributed by atoms with E-state index in [-0.39, 0.29) is 29.9 Å². The molecule has 0 aromatic heterocycles. The first kappa shape index (κ1) is 16.6. The lowest BCUT2D eigenvalue weighted by molar-refractivity contribution is -0.142. The first-order chi connectivity index (χ1) is 9.88. The predicted molar refractivity (Wildman–Crippen MR) is 71.2 cm³/mol. The van der Waals surface area contributed by atoms with E-state index in [9.17, 15) is 19.5 Å². The Bertz CT molecular complexity index is 563. The summed E-state index contributed by atoms with van der Waals surface area (Å²) in [4.78, 5) is 33.4. The lowest BCUT2D eigenvalue weighted by atomic mass is 9.96. The minimum absolute atomic E-state index is 0.104. The van der Waals surface area contributed by atoms with Crippen molar-refractivity contribution in [2.75, 3.05) is 6.61 Å². The number of hydrogen-bond acceptors (Lipinski definition) is 5. The molecule has 0 aliphatic rings. The Balaban J connectivity index is 3.38. The quantitative estimate of drug-likeness (QED) is 0.736. The molecule has 1 aromatic carbocycles. The molecule has 0 saturated heterocycles. The maximum atomic E-state index is 11.4. The van der Waals surface area contributed by atoms with Gasteiger partial charge in [-0.05, 0) is 18.6 Å². The highest BCUT2D eigenvalue weighted by atomic mass is 16.5. The van der Waals surface area contributed by atoms with Crippen molar-refractivity contribution in [3.63, 3.8) is 0 Å². The van der Waals surface area contributed by atoms with Gasteiger partial charge in [0.25, 0.3) is 0 Å². The van der Waals surface area contributed by atoms with Crippen molar-refractivity contribution in [3.05, 3.63) is 34.4 Å². The fraction of sp³-hybridized carbons (Fsp3) is 0.357. The normalized spacial score (nSPS) is 10.2. The Kier molecular flexibility index (Phi) is 5.86. The van der Waals surface area contributed by atoms with Crippen LogP contribution in [0.4, 0.5) is 0 Å². The van der Waals surface area contributed by atoms with Crippen LogP contribution in [0, 0.1) is 0 Å². The van der Waals surface area contributed by atoms with Gasteiger partial charge in [-0.1, -0.05) is 6.07 Å². The summed E-state index contributed by atoms with van der Waals surface area (Å²) in [6.45, 7) is 3.16. The summed E-state index contributed by atoms with van der Waals surface area (Å²) < 4.78 is 10.0. The Morgan fingerprint density at radius 2 is 1.76 bits per heavy atom. The maximum Gasteiger partial charge on any atom is 0.336 e. The van der Waals surface area contributed by atoms with Gasteiger partial charge in [0.1, 0.15) is 6.61 Å². The van der Waals surface area contributed by atoms with Gasteiger partial charge >= 0.3 is 17.9 Å². The van der Waals surface area contributed by atoms with Crippen LogP contribution in [0.1, 0.15) is 45.7 Å². The van der Waals surface area contributed by atoms with Crippen molar-refractivity contribution < 1.29 is 34.1 Å². The molecule has 7 nitrogen and oxygen atoms in total. The second-order valence-electron chi connectivity index (χ2n) is 4.15. The number of rotatable bonds is 7. The van der Waals surface area contributed by atoms with Crippen LogP contribution in [0.2, 0.25) is 0 Å². The van der Waals surface area contributed by atoms with Gasteiger partial charge in [0, 0.05) is 19.1 Å². The molecule has 0 amide bonds. The largest absolute Gasteiger partial charge is 0.478 e. The van der Waals surface area contributed by atoms with Crippen LogP contribution in [0.15, 0.2) is 12.1 Å². The van der Waals surface area contributed by atoms with E-state index in [1.165, 1.54) is 19.1 Å². The molecule has 1 aromatic rings. The van der Waals surface area contributed by atoms with Crippen molar-refractivity contribution in [2.24, 2.45) is 0 Å². The topological polar surface area (TPSA) is 110 Å². The molecular weight excluding hydrogens is 280 g/mol. The van der Waals surface area contributed by atoms with Crippen LogP contribution >= 0.6 is 0 Å². The van der Waals surface area contributed by atoms with E-state index in [0.29, 0.717) is 12.2 Å². The van der Waals surface area contributed by atoms with Gasteiger partial charge in [-0.3, -0.25) is 4.79 Å². The average Bonchev–Trinajstić information content (AvgIpc) is 2.41. The monoisotopic (exact) mass is 296 g/mol. The minimum atomic E-state index is -1.40. The number of benzene rings is 1. The number of carbonyl (C=O) groups excluding carboxylic acids is 1. The van der Waals surface area contributed by atoms with Gasteiger partial charge in [0.15, 0.2) is 0 Å². The number of esters is 1. The second kappa shape index (κ2) is 7.39. The van der Waals surface area contributed by atoms with E-state index in [1.807, 2.05) is 0 Å². The minimum Gasteiger partial charge on any atom is -0.478 e. The van der Waals surface area contributed by atoms with Crippen LogP contribution in [0.3, 0.4) is 0 Å². The smallest absolute Gasteiger partial charge is 0.336 e. The highest BCUT2D eigenvalue weighted by Gasteiger charge is 2.23. The molecule has 114 valence electrons. The highest BCUT2D eigenvalue weighted by molar-refractivity contribution is 6.03. The maximum absolute atomic E-state index is 11.4. The molecule has 7 heteroatoms. The van der Waals surface area contributed by atoms with Crippen molar-refractivity contribution in [3.8, 4) is 0 Å². The number of aromatic carboxylic acids is 2. The van der Waals surface area contributed by atoms with E-state index in [1.54, 1.807) is 6.92 Å². The summed E-state index contributed by atoms with van der Waals surface area (Å²) in [5.41, 5.74) is -0.141. The van der Waals surface area contributed by atoms with Gasteiger partial charge < -0.3 is 19.7 Å². The summed E-state index contributed by atoms with van der Waals surface area (Å²) in [5.74, 6) is -3.35. The lowest BCUT2D eigenvalue weighted by Crippen LogP contribution is -2.16. The third-order valence-electron chi connectivity index (χ3n) is 2.74. The molecule has 0 spiro atoms. The first-order valence-corrected chi connectivity index (χ1v) is 6.20. The summed E-state index contributed by atoms with van der Waals surface area (Å²) >= 11 is 0. The van der Waals surface area contributed by atoms with Crippen LogP contribution in [0.5, 0.6) is 0 Å². The molecule has 0 aliphatic heterocycles. The van der Waals surface area contributed by atoms with Crippen molar-refractivity contribution in [2.45, 2.75) is 27.1 Å². The van der Waals surface area contributed by atoms with E-state index < -0.39 is 17.9 Å². The predicted octanol–water partition coefficient (Wildman–Crippen LogP) is 1.68. The van der Waals surface area contributed by atoms with Crippen LogP contribution in [-0.4, -0.2) is 34.7 Å². The molecule has 0 fully saturated rings. The van der Waals surface area contributed by atoms with Crippen molar-refractivity contribution >= 4 is 17.9 Å². The fourth-order valence-electron chi connectivity index (χ4n) is 1.80. The van der Waals surface area contributed by atoms with Crippen molar-refractivity contribution in [1.29, 1.82) is 0 Å². The molecule has 0 radical (unpaired) electrons. The average molecular weight is 296 g/mol. The highest BCUT2D eigenvalue weighted by Crippen LogP contribution is 2.22. The summed E-state index contributed by atoms with van der Waals surface area (Å²) in [6, 6.07) is 2.67. The van der Waals surface area contributed by atoms with Gasteiger partial charge in [-0.2, -0.15) is 0 Å². The zero-order valence-electron chi connectivity index (χ0n) is 11.7.